The maximum Gasteiger partial charge on any atom is 0.326 e. The molecule has 0 radical (unpaired) electrons. The molecule has 1 fully saturated rings. The topological polar surface area (TPSA) is 163 Å². The van der Waals surface area contributed by atoms with Crippen LogP contribution in [0.4, 0.5) is 5.69 Å². The van der Waals surface area contributed by atoms with E-state index in [0.29, 0.717) is 24.1 Å². The molecular weight excluding hydrogens is 466 g/mol. The first-order chi connectivity index (χ1) is 17.1. The molecule has 1 aromatic carbocycles. The molecule has 1 aromatic heterocycles. The Balaban J connectivity index is 1.74. The zero-order valence-corrected chi connectivity index (χ0v) is 20.5. The molecular formula is C25H33N5O6. The van der Waals surface area contributed by atoms with Crippen LogP contribution in [0.15, 0.2) is 36.5 Å². The van der Waals surface area contributed by atoms with Crippen LogP contribution in [0, 0.1) is 5.92 Å². The van der Waals surface area contributed by atoms with Crippen molar-refractivity contribution < 1.29 is 29.4 Å². The Labute approximate surface area is 209 Å². The van der Waals surface area contributed by atoms with Gasteiger partial charge in [-0.1, -0.05) is 38.3 Å². The van der Waals surface area contributed by atoms with E-state index in [-0.39, 0.29) is 24.4 Å². The predicted molar refractivity (Wildman–Crippen MR) is 131 cm³/mol. The van der Waals surface area contributed by atoms with E-state index in [1.165, 1.54) is 16.9 Å². The normalized spacial score (nSPS) is 16.4. The lowest BCUT2D eigenvalue weighted by molar-refractivity contribution is -0.145. The summed E-state index contributed by atoms with van der Waals surface area (Å²) in [5.74, 6) is -3.32. The first-order valence-corrected chi connectivity index (χ1v) is 12.1. The molecule has 1 aliphatic carbocycles. The van der Waals surface area contributed by atoms with Crippen molar-refractivity contribution in [3.63, 3.8) is 0 Å². The number of hydrogen-bond donors (Lipinski definition) is 5. The number of aliphatic carboxylic acids is 1. The zero-order valence-electron chi connectivity index (χ0n) is 20.5. The van der Waals surface area contributed by atoms with Gasteiger partial charge in [0.1, 0.15) is 11.7 Å². The second-order valence-corrected chi connectivity index (χ2v) is 9.06. The molecule has 1 saturated carbocycles. The van der Waals surface area contributed by atoms with Gasteiger partial charge in [-0.05, 0) is 36.6 Å². The molecule has 1 heterocycles. The third-order valence-corrected chi connectivity index (χ3v) is 6.51. The number of aromatic nitrogens is 2. The monoisotopic (exact) mass is 499 g/mol. The van der Waals surface area contributed by atoms with Gasteiger partial charge in [0, 0.05) is 37.7 Å². The number of benzene rings is 1. The van der Waals surface area contributed by atoms with E-state index in [1.807, 2.05) is 0 Å². The van der Waals surface area contributed by atoms with E-state index < -0.39 is 35.5 Å². The summed E-state index contributed by atoms with van der Waals surface area (Å²) in [6.45, 7) is 1.64. The van der Waals surface area contributed by atoms with Crippen LogP contribution < -0.4 is 16.0 Å². The zero-order chi connectivity index (χ0) is 26.3. The van der Waals surface area contributed by atoms with Crippen molar-refractivity contribution in [2.45, 2.75) is 63.6 Å². The molecule has 2 aromatic rings. The van der Waals surface area contributed by atoms with E-state index in [2.05, 4.69) is 21.0 Å². The van der Waals surface area contributed by atoms with Crippen LogP contribution in [-0.2, 0) is 27.9 Å². The number of nitrogens with one attached hydrogen (secondary N) is 3. The minimum absolute atomic E-state index is 0.0715. The van der Waals surface area contributed by atoms with Crippen LogP contribution in [0.2, 0.25) is 0 Å². The molecule has 0 saturated heterocycles. The minimum atomic E-state index is -2.13. The maximum absolute atomic E-state index is 13.3. The summed E-state index contributed by atoms with van der Waals surface area (Å²) in [6.07, 6.45) is 5.58. The summed E-state index contributed by atoms with van der Waals surface area (Å²) < 4.78 is 1.36. The summed E-state index contributed by atoms with van der Waals surface area (Å²) in [4.78, 5) is 49.2. The number of hydrogen-bond acceptors (Lipinski definition) is 6. The number of amides is 3. The smallest absolute Gasteiger partial charge is 0.326 e. The molecule has 11 nitrogen and oxygen atoms in total. The van der Waals surface area contributed by atoms with Crippen molar-refractivity contribution in [1.82, 2.24) is 20.4 Å². The second-order valence-electron chi connectivity index (χ2n) is 9.06. The van der Waals surface area contributed by atoms with E-state index >= 15 is 0 Å². The van der Waals surface area contributed by atoms with Crippen LogP contribution in [0.5, 0.6) is 0 Å². The number of aryl methyl sites for hydroxylation is 1. The maximum atomic E-state index is 13.3. The van der Waals surface area contributed by atoms with Crippen LogP contribution in [0.1, 0.15) is 61.5 Å². The molecule has 0 spiro atoms. The van der Waals surface area contributed by atoms with Crippen LogP contribution in [-0.4, -0.2) is 55.5 Å². The Kier molecular flexibility index (Phi) is 8.81. The van der Waals surface area contributed by atoms with Crippen molar-refractivity contribution in [3.05, 3.63) is 47.8 Å². The summed E-state index contributed by atoms with van der Waals surface area (Å²) in [5.41, 5.74) is -0.898. The molecule has 1 aliphatic rings. The predicted octanol–water partition coefficient (Wildman–Crippen LogP) is 1.58. The average molecular weight is 500 g/mol. The van der Waals surface area contributed by atoms with Crippen molar-refractivity contribution >= 4 is 29.4 Å². The molecule has 11 heteroatoms. The third-order valence-electron chi connectivity index (χ3n) is 6.51. The first-order valence-electron chi connectivity index (χ1n) is 12.1. The van der Waals surface area contributed by atoms with Gasteiger partial charge < -0.3 is 26.2 Å². The van der Waals surface area contributed by atoms with Crippen LogP contribution in [0.25, 0.3) is 0 Å². The molecule has 5 N–H and O–H groups in total. The van der Waals surface area contributed by atoms with E-state index in [0.717, 1.165) is 19.3 Å². The fourth-order valence-electron chi connectivity index (χ4n) is 4.38. The SMILES string of the molecule is CCC(=O)N[C@H](Cc1ccc(NC(=O)[C@](O)(NC(=O)c2ccnn2C)C2CCCCC2)cc1)C(=O)O. The molecule has 0 unspecified atom stereocenters. The van der Waals surface area contributed by atoms with Gasteiger partial charge in [-0.15, -0.1) is 0 Å². The minimum Gasteiger partial charge on any atom is -0.480 e. The highest BCUT2D eigenvalue weighted by atomic mass is 16.4. The van der Waals surface area contributed by atoms with Crippen molar-refractivity contribution in [2.24, 2.45) is 13.0 Å². The van der Waals surface area contributed by atoms with Gasteiger partial charge in [0.25, 0.3) is 11.8 Å². The number of anilines is 1. The van der Waals surface area contributed by atoms with Gasteiger partial charge in [0.15, 0.2) is 0 Å². The summed E-state index contributed by atoms with van der Waals surface area (Å²) in [6, 6.07) is 6.86. The largest absolute Gasteiger partial charge is 0.480 e. The average Bonchev–Trinajstić information content (AvgIpc) is 3.30. The number of carboxylic acids is 1. The molecule has 3 rings (SSSR count). The van der Waals surface area contributed by atoms with Crippen molar-refractivity contribution in [1.29, 1.82) is 0 Å². The Bertz CT molecular complexity index is 1090. The van der Waals surface area contributed by atoms with E-state index in [4.69, 9.17) is 0 Å². The van der Waals surface area contributed by atoms with Crippen molar-refractivity contribution in [2.75, 3.05) is 5.32 Å². The summed E-state index contributed by atoms with van der Waals surface area (Å²) >= 11 is 0. The number of nitrogens with zero attached hydrogens (tertiary/aromatic N) is 2. The van der Waals surface area contributed by atoms with E-state index in [1.54, 1.807) is 38.2 Å². The lowest BCUT2D eigenvalue weighted by atomic mass is 9.80. The van der Waals surface area contributed by atoms with Gasteiger partial charge in [0.05, 0.1) is 0 Å². The molecule has 3 amide bonds. The molecule has 36 heavy (non-hydrogen) atoms. The number of carbonyl (C=O) groups is 4. The van der Waals surface area contributed by atoms with Gasteiger partial charge >= 0.3 is 5.97 Å². The lowest BCUT2D eigenvalue weighted by Gasteiger charge is -2.37. The van der Waals surface area contributed by atoms with Gasteiger partial charge in [-0.25, -0.2) is 4.79 Å². The molecule has 0 bridgehead atoms. The Hall–Kier alpha value is -3.73. The Morgan fingerprint density at radius 2 is 1.78 bits per heavy atom. The van der Waals surface area contributed by atoms with Gasteiger partial charge in [-0.3, -0.25) is 19.1 Å². The third kappa shape index (κ3) is 6.48. The standard InChI is InChI=1S/C25H33N5O6/c1-3-21(31)28-19(23(33)34)15-16-9-11-18(12-10-16)27-24(35)25(36,17-7-5-4-6-8-17)29-22(32)20-13-14-26-30(20)2/h9-14,17,19,36H,3-8,15H2,1-2H3,(H,27,35)(H,28,31)(H,29,32)(H,33,34)/t19-,25+/m1/s1. The summed E-state index contributed by atoms with van der Waals surface area (Å²) in [5, 5.41) is 32.5. The van der Waals surface area contributed by atoms with Crippen LogP contribution >= 0.6 is 0 Å². The number of aliphatic hydroxyl groups is 1. The first kappa shape index (κ1) is 26.9. The lowest BCUT2D eigenvalue weighted by Crippen LogP contribution is -2.62. The van der Waals surface area contributed by atoms with Crippen LogP contribution in [0.3, 0.4) is 0 Å². The number of rotatable bonds is 10. The highest BCUT2D eigenvalue weighted by Crippen LogP contribution is 2.32. The fraction of sp³-hybridized carbons (Fsp3) is 0.480. The van der Waals surface area contributed by atoms with Gasteiger partial charge in [0.2, 0.25) is 11.6 Å². The molecule has 194 valence electrons. The highest BCUT2D eigenvalue weighted by molar-refractivity contribution is 6.02. The Morgan fingerprint density at radius 3 is 2.33 bits per heavy atom. The molecule has 0 aliphatic heterocycles. The molecule has 2 atom stereocenters. The number of carboxylic acid groups (broad SMARTS) is 1. The Morgan fingerprint density at radius 1 is 1.11 bits per heavy atom. The second kappa shape index (κ2) is 11.8. The number of carbonyl (C=O) groups excluding carboxylic acids is 3. The quantitative estimate of drug-likeness (QED) is 0.310. The summed E-state index contributed by atoms with van der Waals surface area (Å²) in [7, 11) is 1.60. The fourth-order valence-corrected chi connectivity index (χ4v) is 4.38. The van der Waals surface area contributed by atoms with Crippen molar-refractivity contribution in [3.8, 4) is 0 Å². The van der Waals surface area contributed by atoms with Gasteiger partial charge in [-0.2, -0.15) is 5.10 Å². The van der Waals surface area contributed by atoms with E-state index in [9.17, 15) is 29.4 Å². The highest BCUT2D eigenvalue weighted by Gasteiger charge is 2.46.